The van der Waals surface area contributed by atoms with Gasteiger partial charge in [0.1, 0.15) is 6.79 Å². The van der Waals surface area contributed by atoms with Crippen molar-refractivity contribution in [3.8, 4) is 12.3 Å². The Morgan fingerprint density at radius 3 is 2.69 bits per heavy atom. The highest BCUT2D eigenvalue weighted by Crippen LogP contribution is 2.61. The van der Waals surface area contributed by atoms with E-state index in [1.165, 1.54) is 25.7 Å². The zero-order valence-electron chi connectivity index (χ0n) is 21.0. The molecule has 0 aromatic heterocycles. The van der Waals surface area contributed by atoms with E-state index in [1.54, 1.807) is 7.11 Å². The molecule has 5 aliphatic rings. The lowest BCUT2D eigenvalue weighted by atomic mass is 9.50. The molecule has 1 N–H and O–H groups in total. The summed E-state index contributed by atoms with van der Waals surface area (Å²) in [5.74, 6) is 3.52. The molecule has 1 aliphatic carbocycles. The predicted octanol–water partition coefficient (Wildman–Crippen LogP) is 3.23. The van der Waals surface area contributed by atoms with Gasteiger partial charge in [-0.25, -0.2) is 4.79 Å². The number of ether oxygens (including phenoxy) is 4. The van der Waals surface area contributed by atoms with Crippen molar-refractivity contribution in [1.29, 1.82) is 0 Å². The third-order valence-corrected chi connectivity index (χ3v) is 9.38. The van der Waals surface area contributed by atoms with Gasteiger partial charge in [-0.2, -0.15) is 0 Å². The first-order valence-corrected chi connectivity index (χ1v) is 13.5. The Kier molecular flexibility index (Phi) is 7.30. The van der Waals surface area contributed by atoms with Gasteiger partial charge >= 0.3 is 6.16 Å². The first kappa shape index (κ1) is 24.9. The molecule has 5 unspecified atom stereocenters. The molecule has 5 rings (SSSR count). The summed E-state index contributed by atoms with van der Waals surface area (Å²) in [6.45, 7) is 2.26. The molecule has 1 saturated carbocycles. The highest BCUT2D eigenvalue weighted by atomic mass is 16.8. The van der Waals surface area contributed by atoms with E-state index in [4.69, 9.17) is 25.4 Å². The predicted molar refractivity (Wildman–Crippen MR) is 128 cm³/mol. The number of rotatable bonds is 5. The van der Waals surface area contributed by atoms with Gasteiger partial charge in [-0.15, -0.1) is 6.42 Å². The van der Waals surface area contributed by atoms with Gasteiger partial charge in [0.05, 0.1) is 18.2 Å². The van der Waals surface area contributed by atoms with Gasteiger partial charge in [0.25, 0.3) is 0 Å². The number of amides is 1. The molecule has 5 fully saturated rings. The number of nitrogens with one attached hydrogen (secondary N) is 1. The molecule has 0 spiro atoms. The van der Waals surface area contributed by atoms with Crippen LogP contribution in [0.1, 0.15) is 70.6 Å². The summed E-state index contributed by atoms with van der Waals surface area (Å²) in [4.78, 5) is 28.2. The molecule has 0 radical (unpaired) electrons. The molecule has 0 aromatic carbocycles. The van der Waals surface area contributed by atoms with Crippen LogP contribution in [0.4, 0.5) is 4.79 Å². The number of hydrogen-bond donors (Lipinski definition) is 1. The molecule has 35 heavy (non-hydrogen) atoms. The van der Waals surface area contributed by atoms with Gasteiger partial charge in [-0.3, -0.25) is 4.79 Å². The Labute approximate surface area is 208 Å². The van der Waals surface area contributed by atoms with Crippen LogP contribution in [0, 0.1) is 29.6 Å². The topological polar surface area (TPSA) is 86.3 Å². The smallest absolute Gasteiger partial charge is 0.424 e. The van der Waals surface area contributed by atoms with Crippen LogP contribution in [0.15, 0.2) is 0 Å². The SMILES string of the molecule is C#C[C@@H]1OC(=O)O[C@H]1C12NCC3CC4(COCOC)CCCCCCCCCC(=O)N(CCC31)C42. The average molecular weight is 489 g/mol. The number of methoxy groups -OCH3 is 1. The van der Waals surface area contributed by atoms with Crippen molar-refractivity contribution in [1.82, 2.24) is 10.2 Å². The summed E-state index contributed by atoms with van der Waals surface area (Å²) in [6, 6.07) is -0.187. The standard InChI is InChI=1S/C27H40N2O6/c1-3-21-23(35-25(31)34-21)27-20-12-14-29-22(30)11-9-7-5-4-6-8-10-13-26(24(27)29,17-33-18-32-2)15-19(20)16-28-27/h1,19-21,23-24,28H,4-18H2,2H3/t19?,20?,21-,23+,24?,26?,27?/m0/s1. The summed E-state index contributed by atoms with van der Waals surface area (Å²) in [6.07, 6.45) is 15.0. The van der Waals surface area contributed by atoms with E-state index in [9.17, 15) is 9.59 Å². The van der Waals surface area contributed by atoms with Crippen LogP contribution in [0.5, 0.6) is 0 Å². The minimum absolute atomic E-state index is 0.187. The third-order valence-electron chi connectivity index (χ3n) is 9.38. The molecule has 4 bridgehead atoms. The molecular weight excluding hydrogens is 448 g/mol. The van der Waals surface area contributed by atoms with E-state index >= 15 is 0 Å². The van der Waals surface area contributed by atoms with Crippen molar-refractivity contribution < 1.29 is 28.5 Å². The fourth-order valence-corrected chi connectivity index (χ4v) is 8.22. The van der Waals surface area contributed by atoms with Crippen molar-refractivity contribution in [3.05, 3.63) is 0 Å². The second kappa shape index (κ2) is 10.3. The van der Waals surface area contributed by atoms with Crippen LogP contribution in [0.25, 0.3) is 0 Å². The molecule has 1 amide bonds. The molecule has 8 heteroatoms. The second-order valence-electron chi connectivity index (χ2n) is 11.2. The fourth-order valence-electron chi connectivity index (χ4n) is 8.22. The minimum Gasteiger partial charge on any atom is -0.424 e. The van der Waals surface area contributed by atoms with Crippen LogP contribution in [-0.2, 0) is 23.7 Å². The number of hydrogen-bond acceptors (Lipinski definition) is 7. The first-order valence-electron chi connectivity index (χ1n) is 13.5. The van der Waals surface area contributed by atoms with Gasteiger partial charge in [0, 0.05) is 25.5 Å². The molecule has 4 heterocycles. The van der Waals surface area contributed by atoms with Gasteiger partial charge in [-0.1, -0.05) is 44.4 Å². The quantitative estimate of drug-likeness (QED) is 0.275. The number of nitrogens with zero attached hydrogens (tertiary/aromatic N) is 1. The lowest BCUT2D eigenvalue weighted by Gasteiger charge is -2.63. The molecule has 4 saturated heterocycles. The summed E-state index contributed by atoms with van der Waals surface area (Å²) in [7, 11) is 1.63. The van der Waals surface area contributed by atoms with Crippen LogP contribution < -0.4 is 5.32 Å². The highest BCUT2D eigenvalue weighted by Gasteiger charge is 2.73. The Morgan fingerprint density at radius 2 is 1.91 bits per heavy atom. The van der Waals surface area contributed by atoms with E-state index in [1.807, 2.05) is 0 Å². The van der Waals surface area contributed by atoms with E-state index in [-0.39, 0.29) is 30.1 Å². The maximum absolute atomic E-state index is 13.8. The largest absolute Gasteiger partial charge is 0.510 e. The highest BCUT2D eigenvalue weighted by molar-refractivity contribution is 5.77. The first-order chi connectivity index (χ1) is 17.1. The lowest BCUT2D eigenvalue weighted by Crippen LogP contribution is -2.78. The molecule has 7 atom stereocenters. The fraction of sp³-hybridized carbons (Fsp3) is 0.852. The average Bonchev–Trinajstić information content (AvgIpc) is 3.37. The molecule has 194 valence electrons. The van der Waals surface area contributed by atoms with Crippen LogP contribution in [0.3, 0.4) is 0 Å². The van der Waals surface area contributed by atoms with Gasteiger partial charge in [0.15, 0.2) is 6.10 Å². The van der Waals surface area contributed by atoms with E-state index in [2.05, 4.69) is 16.1 Å². The molecule has 0 aromatic rings. The van der Waals surface area contributed by atoms with E-state index in [0.29, 0.717) is 18.9 Å². The monoisotopic (exact) mass is 488 g/mol. The van der Waals surface area contributed by atoms with Crippen molar-refractivity contribution in [2.75, 3.05) is 33.6 Å². The van der Waals surface area contributed by atoms with Gasteiger partial charge in [0.2, 0.25) is 12.0 Å². The number of carbonyl (C=O) groups is 2. The van der Waals surface area contributed by atoms with Gasteiger partial charge in [-0.05, 0) is 44.1 Å². The van der Waals surface area contributed by atoms with Crippen molar-refractivity contribution in [3.63, 3.8) is 0 Å². The zero-order valence-corrected chi connectivity index (χ0v) is 21.0. The zero-order chi connectivity index (χ0) is 24.5. The summed E-state index contributed by atoms with van der Waals surface area (Å²) < 4.78 is 22.7. The van der Waals surface area contributed by atoms with E-state index < -0.39 is 23.9 Å². The van der Waals surface area contributed by atoms with Crippen LogP contribution >= 0.6 is 0 Å². The second-order valence-corrected chi connectivity index (χ2v) is 11.2. The number of terminal acetylenes is 1. The number of piperidine rings is 1. The molecular formula is C27H40N2O6. The third kappa shape index (κ3) is 4.24. The maximum Gasteiger partial charge on any atom is 0.510 e. The summed E-state index contributed by atoms with van der Waals surface area (Å²) in [5, 5.41) is 3.82. The Hall–Kier alpha value is -1.82. The van der Waals surface area contributed by atoms with Crippen LogP contribution in [-0.4, -0.2) is 74.4 Å². The summed E-state index contributed by atoms with van der Waals surface area (Å²) >= 11 is 0. The van der Waals surface area contributed by atoms with Crippen molar-refractivity contribution in [2.24, 2.45) is 17.3 Å². The Balaban J connectivity index is 1.61. The van der Waals surface area contributed by atoms with E-state index in [0.717, 1.165) is 51.6 Å². The number of cyclic esters (lactones) is 2. The normalized spacial score (nSPS) is 41.7. The Bertz CT molecular complexity index is 844. The van der Waals surface area contributed by atoms with Crippen molar-refractivity contribution >= 4 is 12.1 Å². The maximum atomic E-state index is 13.8. The van der Waals surface area contributed by atoms with Crippen LogP contribution in [0.2, 0.25) is 0 Å². The number of carbonyl (C=O) groups excluding carboxylic acids is 2. The lowest BCUT2D eigenvalue weighted by molar-refractivity contribution is -0.183. The molecule has 8 nitrogen and oxygen atoms in total. The summed E-state index contributed by atoms with van der Waals surface area (Å²) in [5.41, 5.74) is -0.919. The molecule has 4 aliphatic heterocycles. The van der Waals surface area contributed by atoms with Gasteiger partial charge < -0.3 is 29.2 Å². The minimum atomic E-state index is -0.772. The Morgan fingerprint density at radius 1 is 1.14 bits per heavy atom. The van der Waals surface area contributed by atoms with Crippen molar-refractivity contribution in [2.45, 2.75) is 94.4 Å².